The van der Waals surface area contributed by atoms with Crippen molar-refractivity contribution in [2.45, 2.75) is 25.2 Å². The van der Waals surface area contributed by atoms with E-state index in [4.69, 9.17) is 0 Å². The van der Waals surface area contributed by atoms with Crippen molar-refractivity contribution >= 4 is 34.0 Å². The SMILES string of the molecule is O=C(Nc1ncc(C2CCNCC2)s1)C1CC(=O)N(c2ccccc2F)C1. The van der Waals surface area contributed by atoms with E-state index in [1.807, 2.05) is 6.20 Å². The summed E-state index contributed by atoms with van der Waals surface area (Å²) in [6, 6.07) is 6.12. The fourth-order valence-corrected chi connectivity index (χ4v) is 4.62. The topological polar surface area (TPSA) is 74.3 Å². The van der Waals surface area contributed by atoms with Crippen LogP contribution in [0.3, 0.4) is 0 Å². The molecule has 2 aliphatic heterocycles. The maximum atomic E-state index is 14.0. The van der Waals surface area contributed by atoms with E-state index in [1.54, 1.807) is 18.2 Å². The molecule has 0 radical (unpaired) electrons. The van der Waals surface area contributed by atoms with Gasteiger partial charge in [0.05, 0.1) is 11.6 Å². The second-order valence-corrected chi connectivity index (χ2v) is 8.00. The summed E-state index contributed by atoms with van der Waals surface area (Å²) in [6.07, 6.45) is 4.06. The molecule has 4 rings (SSSR count). The molecule has 6 nitrogen and oxygen atoms in total. The number of piperidine rings is 1. The molecule has 3 heterocycles. The molecule has 1 aromatic heterocycles. The zero-order chi connectivity index (χ0) is 18.8. The van der Waals surface area contributed by atoms with E-state index in [2.05, 4.69) is 15.6 Å². The van der Waals surface area contributed by atoms with E-state index >= 15 is 0 Å². The van der Waals surface area contributed by atoms with Gasteiger partial charge in [-0.25, -0.2) is 9.37 Å². The highest BCUT2D eigenvalue weighted by atomic mass is 32.1. The quantitative estimate of drug-likeness (QED) is 0.845. The van der Waals surface area contributed by atoms with Crippen LogP contribution in [0.2, 0.25) is 0 Å². The Bertz CT molecular complexity index is 850. The van der Waals surface area contributed by atoms with E-state index in [9.17, 15) is 14.0 Å². The van der Waals surface area contributed by atoms with Crippen molar-refractivity contribution in [1.82, 2.24) is 10.3 Å². The van der Waals surface area contributed by atoms with Crippen molar-refractivity contribution in [3.8, 4) is 0 Å². The van der Waals surface area contributed by atoms with Crippen molar-refractivity contribution in [3.63, 3.8) is 0 Å². The Labute approximate surface area is 160 Å². The van der Waals surface area contributed by atoms with Gasteiger partial charge >= 0.3 is 0 Å². The predicted molar refractivity (Wildman–Crippen MR) is 102 cm³/mol. The second-order valence-electron chi connectivity index (χ2n) is 6.94. The number of rotatable bonds is 4. The zero-order valence-electron chi connectivity index (χ0n) is 14.8. The Balaban J connectivity index is 1.40. The number of anilines is 2. The number of amides is 2. The number of para-hydroxylation sites is 1. The smallest absolute Gasteiger partial charge is 0.231 e. The van der Waals surface area contributed by atoms with Gasteiger partial charge in [-0.3, -0.25) is 9.59 Å². The number of carbonyl (C=O) groups is 2. The fourth-order valence-electron chi connectivity index (χ4n) is 3.63. The van der Waals surface area contributed by atoms with Gasteiger partial charge in [-0.1, -0.05) is 12.1 Å². The molecule has 1 unspecified atom stereocenters. The lowest BCUT2D eigenvalue weighted by atomic mass is 9.97. The minimum atomic E-state index is -0.511. The summed E-state index contributed by atoms with van der Waals surface area (Å²) >= 11 is 1.50. The minimum Gasteiger partial charge on any atom is -0.317 e. The lowest BCUT2D eigenvalue weighted by molar-refractivity contribution is -0.122. The lowest BCUT2D eigenvalue weighted by Crippen LogP contribution is -2.28. The number of nitrogens with zero attached hydrogens (tertiary/aromatic N) is 2. The van der Waals surface area contributed by atoms with Crippen LogP contribution in [0.1, 0.15) is 30.1 Å². The third-order valence-electron chi connectivity index (χ3n) is 5.13. The van der Waals surface area contributed by atoms with E-state index < -0.39 is 11.7 Å². The molecular formula is C19H21FN4O2S. The summed E-state index contributed by atoms with van der Waals surface area (Å²) < 4.78 is 14.0. The molecule has 0 saturated carbocycles. The Morgan fingerprint density at radius 3 is 2.85 bits per heavy atom. The van der Waals surface area contributed by atoms with E-state index in [-0.39, 0.29) is 30.5 Å². The number of hydrogen-bond donors (Lipinski definition) is 2. The molecule has 2 fully saturated rings. The number of aromatic nitrogens is 1. The highest BCUT2D eigenvalue weighted by Gasteiger charge is 2.36. The summed E-state index contributed by atoms with van der Waals surface area (Å²) in [5, 5.41) is 6.73. The molecule has 1 atom stereocenters. The lowest BCUT2D eigenvalue weighted by Gasteiger charge is -2.20. The van der Waals surface area contributed by atoms with Gasteiger partial charge in [-0.2, -0.15) is 0 Å². The molecule has 2 aliphatic rings. The maximum Gasteiger partial charge on any atom is 0.231 e. The van der Waals surface area contributed by atoms with E-state index in [0.717, 1.165) is 25.9 Å². The summed E-state index contributed by atoms with van der Waals surface area (Å²) in [5.41, 5.74) is 0.222. The maximum absolute atomic E-state index is 14.0. The van der Waals surface area contributed by atoms with Crippen molar-refractivity contribution in [2.24, 2.45) is 5.92 Å². The number of nitrogens with one attached hydrogen (secondary N) is 2. The number of thiazole rings is 1. The molecule has 0 spiro atoms. The van der Waals surface area contributed by atoms with Crippen LogP contribution in [-0.2, 0) is 9.59 Å². The number of halogens is 1. The first kappa shape index (κ1) is 18.1. The minimum absolute atomic E-state index is 0.0761. The van der Waals surface area contributed by atoms with Crippen LogP contribution in [0.15, 0.2) is 30.5 Å². The van der Waals surface area contributed by atoms with E-state index in [1.165, 1.54) is 27.2 Å². The van der Waals surface area contributed by atoms with Gasteiger partial charge in [0.1, 0.15) is 5.82 Å². The fraction of sp³-hybridized carbons (Fsp3) is 0.421. The van der Waals surface area contributed by atoms with Crippen LogP contribution >= 0.6 is 11.3 Å². The van der Waals surface area contributed by atoms with Crippen LogP contribution in [0.25, 0.3) is 0 Å². The number of benzene rings is 1. The molecule has 2 N–H and O–H groups in total. The first-order valence-corrected chi connectivity index (χ1v) is 9.95. The van der Waals surface area contributed by atoms with Crippen molar-refractivity contribution in [1.29, 1.82) is 0 Å². The second kappa shape index (κ2) is 7.74. The largest absolute Gasteiger partial charge is 0.317 e. The standard InChI is InChI=1S/C19H21FN4O2S/c20-14-3-1-2-4-15(14)24-11-13(9-17(24)25)18(26)23-19-22-10-16(27-19)12-5-7-21-8-6-12/h1-4,10,12-13,21H,5-9,11H2,(H,22,23,26). The molecule has 27 heavy (non-hydrogen) atoms. The first-order valence-electron chi connectivity index (χ1n) is 9.14. The molecule has 8 heteroatoms. The van der Waals surface area contributed by atoms with Crippen molar-refractivity contribution in [2.75, 3.05) is 29.9 Å². The molecule has 2 amide bonds. The molecular weight excluding hydrogens is 367 g/mol. The highest BCUT2D eigenvalue weighted by Crippen LogP contribution is 2.33. The molecule has 0 bridgehead atoms. The van der Waals surface area contributed by atoms with Crippen LogP contribution in [0, 0.1) is 11.7 Å². The Kier molecular flexibility index (Phi) is 5.18. The van der Waals surface area contributed by atoms with Gasteiger partial charge in [0, 0.05) is 24.0 Å². The third-order valence-corrected chi connectivity index (χ3v) is 6.21. The van der Waals surface area contributed by atoms with Gasteiger partial charge in [0.25, 0.3) is 0 Å². The predicted octanol–water partition coefficient (Wildman–Crippen LogP) is 2.74. The molecule has 0 aliphatic carbocycles. The average molecular weight is 388 g/mol. The van der Waals surface area contributed by atoms with Crippen LogP contribution in [0.4, 0.5) is 15.2 Å². The summed E-state index contributed by atoms with van der Waals surface area (Å²) in [6.45, 7) is 2.18. The normalized spacial score (nSPS) is 20.9. The average Bonchev–Trinajstić information content (AvgIpc) is 3.30. The Hall–Kier alpha value is -2.32. The van der Waals surface area contributed by atoms with Gasteiger partial charge in [-0.15, -0.1) is 11.3 Å². The molecule has 142 valence electrons. The Morgan fingerprint density at radius 1 is 1.30 bits per heavy atom. The van der Waals surface area contributed by atoms with Gasteiger partial charge < -0.3 is 15.5 Å². The number of hydrogen-bond acceptors (Lipinski definition) is 5. The van der Waals surface area contributed by atoms with Gasteiger partial charge in [0.15, 0.2) is 5.13 Å². The monoisotopic (exact) mass is 388 g/mol. The van der Waals surface area contributed by atoms with Crippen LogP contribution < -0.4 is 15.5 Å². The van der Waals surface area contributed by atoms with Gasteiger partial charge in [-0.05, 0) is 44.0 Å². The summed E-state index contributed by atoms with van der Waals surface area (Å²) in [7, 11) is 0. The van der Waals surface area contributed by atoms with Crippen molar-refractivity contribution in [3.05, 3.63) is 41.2 Å². The van der Waals surface area contributed by atoms with Crippen LogP contribution in [-0.4, -0.2) is 36.4 Å². The summed E-state index contributed by atoms with van der Waals surface area (Å²) in [5.74, 6) is -0.969. The van der Waals surface area contributed by atoms with Gasteiger partial charge in [0.2, 0.25) is 11.8 Å². The number of carbonyl (C=O) groups excluding carboxylic acids is 2. The molecule has 2 aromatic rings. The summed E-state index contributed by atoms with van der Waals surface area (Å²) in [4.78, 5) is 31.7. The van der Waals surface area contributed by atoms with Crippen molar-refractivity contribution < 1.29 is 14.0 Å². The zero-order valence-corrected chi connectivity index (χ0v) is 15.6. The molecule has 2 saturated heterocycles. The third kappa shape index (κ3) is 3.86. The Morgan fingerprint density at radius 2 is 2.07 bits per heavy atom. The first-order chi connectivity index (χ1) is 13.1. The molecule has 1 aromatic carbocycles. The van der Waals surface area contributed by atoms with Crippen LogP contribution in [0.5, 0.6) is 0 Å². The highest BCUT2D eigenvalue weighted by molar-refractivity contribution is 7.15. The van der Waals surface area contributed by atoms with E-state index in [0.29, 0.717) is 11.0 Å².